The van der Waals surface area contributed by atoms with Gasteiger partial charge in [-0.3, -0.25) is 0 Å². The Balaban J connectivity index is 2.98. The van der Waals surface area contributed by atoms with E-state index in [9.17, 15) is 18.7 Å². The number of alkyl halides is 2. The highest BCUT2D eigenvalue weighted by Gasteiger charge is 2.22. The molecular formula is C10H10F2O4. The number of para-hydroxylation sites is 1. The summed E-state index contributed by atoms with van der Waals surface area (Å²) < 4.78 is 32.5. The first kappa shape index (κ1) is 12.4. The summed E-state index contributed by atoms with van der Waals surface area (Å²) in [6.07, 6.45) is -1.64. The maximum absolute atomic E-state index is 12.0. The van der Waals surface area contributed by atoms with E-state index in [1.54, 1.807) is 0 Å². The lowest BCUT2D eigenvalue weighted by Crippen LogP contribution is -2.15. The molecule has 0 aliphatic heterocycles. The van der Waals surface area contributed by atoms with Crippen LogP contribution in [0.2, 0.25) is 0 Å². The SMILES string of the molecule is COC(=O)C(O)c1ccccc1OC(F)F. The van der Waals surface area contributed by atoms with Gasteiger partial charge in [0, 0.05) is 5.56 Å². The fraction of sp³-hybridized carbons (Fsp3) is 0.300. The normalized spacial score (nSPS) is 12.3. The Bertz CT molecular complexity index is 368. The van der Waals surface area contributed by atoms with Crippen LogP contribution < -0.4 is 4.74 Å². The predicted octanol–water partition coefficient (Wildman–Crippen LogP) is 1.49. The van der Waals surface area contributed by atoms with Gasteiger partial charge in [0.05, 0.1) is 7.11 Å². The average Bonchev–Trinajstić information content (AvgIpc) is 2.27. The van der Waals surface area contributed by atoms with Crippen LogP contribution in [0.4, 0.5) is 8.78 Å². The number of rotatable bonds is 4. The Morgan fingerprint density at radius 1 is 1.38 bits per heavy atom. The van der Waals surface area contributed by atoms with Gasteiger partial charge in [-0.15, -0.1) is 0 Å². The molecule has 1 aromatic carbocycles. The third-order valence-corrected chi connectivity index (χ3v) is 1.85. The molecule has 0 fully saturated rings. The van der Waals surface area contributed by atoms with Crippen molar-refractivity contribution < 1.29 is 28.2 Å². The number of ether oxygens (including phenoxy) is 2. The quantitative estimate of drug-likeness (QED) is 0.799. The van der Waals surface area contributed by atoms with Gasteiger partial charge >= 0.3 is 12.6 Å². The van der Waals surface area contributed by atoms with Crippen LogP contribution in [0, 0.1) is 0 Å². The van der Waals surface area contributed by atoms with Crippen LogP contribution in [0.5, 0.6) is 5.75 Å². The fourth-order valence-corrected chi connectivity index (χ4v) is 1.15. The highest BCUT2D eigenvalue weighted by molar-refractivity contribution is 5.77. The van der Waals surface area contributed by atoms with E-state index >= 15 is 0 Å². The van der Waals surface area contributed by atoms with E-state index in [4.69, 9.17) is 0 Å². The third-order valence-electron chi connectivity index (χ3n) is 1.85. The number of hydrogen-bond donors (Lipinski definition) is 1. The molecule has 0 radical (unpaired) electrons. The summed E-state index contributed by atoms with van der Waals surface area (Å²) in [6.45, 7) is -3.02. The van der Waals surface area contributed by atoms with Gasteiger partial charge in [-0.1, -0.05) is 18.2 Å². The van der Waals surface area contributed by atoms with Crippen molar-refractivity contribution in [3.63, 3.8) is 0 Å². The smallest absolute Gasteiger partial charge is 0.387 e. The van der Waals surface area contributed by atoms with Gasteiger partial charge in [0.15, 0.2) is 6.10 Å². The van der Waals surface area contributed by atoms with Gasteiger partial charge in [-0.2, -0.15) is 8.78 Å². The number of esters is 1. The predicted molar refractivity (Wildman–Crippen MR) is 50.0 cm³/mol. The van der Waals surface area contributed by atoms with Crippen molar-refractivity contribution in [1.29, 1.82) is 0 Å². The second-order valence-electron chi connectivity index (χ2n) is 2.84. The number of aliphatic hydroxyl groups is 1. The largest absolute Gasteiger partial charge is 0.467 e. The second kappa shape index (κ2) is 5.41. The minimum Gasteiger partial charge on any atom is -0.467 e. The van der Waals surface area contributed by atoms with E-state index < -0.39 is 18.7 Å². The number of aliphatic hydroxyl groups excluding tert-OH is 1. The molecule has 1 N–H and O–H groups in total. The molecule has 0 saturated heterocycles. The highest BCUT2D eigenvalue weighted by Crippen LogP contribution is 2.26. The first-order valence-electron chi connectivity index (χ1n) is 4.36. The van der Waals surface area contributed by atoms with Crippen LogP contribution in [0.1, 0.15) is 11.7 Å². The molecule has 6 heteroatoms. The summed E-state index contributed by atoms with van der Waals surface area (Å²) in [6, 6.07) is 5.47. The zero-order valence-electron chi connectivity index (χ0n) is 8.39. The number of benzene rings is 1. The molecule has 88 valence electrons. The van der Waals surface area contributed by atoms with Gasteiger partial charge in [-0.05, 0) is 6.07 Å². The minimum atomic E-state index is -3.02. The fourth-order valence-electron chi connectivity index (χ4n) is 1.15. The van der Waals surface area contributed by atoms with Crippen molar-refractivity contribution in [2.24, 2.45) is 0 Å². The summed E-state index contributed by atoms with van der Waals surface area (Å²) in [5.74, 6) is -1.19. The van der Waals surface area contributed by atoms with Gasteiger partial charge < -0.3 is 14.6 Å². The molecule has 0 aliphatic rings. The van der Waals surface area contributed by atoms with Crippen molar-refractivity contribution in [2.75, 3.05) is 7.11 Å². The van der Waals surface area contributed by atoms with Crippen LogP contribution in [-0.2, 0) is 9.53 Å². The van der Waals surface area contributed by atoms with Crippen molar-refractivity contribution in [3.8, 4) is 5.75 Å². The van der Waals surface area contributed by atoms with E-state index in [0.717, 1.165) is 7.11 Å². The second-order valence-corrected chi connectivity index (χ2v) is 2.84. The monoisotopic (exact) mass is 232 g/mol. The molecule has 1 rings (SSSR count). The molecule has 0 bridgehead atoms. The number of carbonyl (C=O) groups is 1. The molecule has 1 aromatic rings. The zero-order valence-corrected chi connectivity index (χ0v) is 8.39. The summed E-state index contributed by atoms with van der Waals surface area (Å²) in [7, 11) is 1.09. The molecule has 0 aromatic heterocycles. The maximum Gasteiger partial charge on any atom is 0.387 e. The molecule has 16 heavy (non-hydrogen) atoms. The molecule has 0 amide bonds. The van der Waals surface area contributed by atoms with Crippen LogP contribution in [0.3, 0.4) is 0 Å². The zero-order chi connectivity index (χ0) is 12.1. The third kappa shape index (κ3) is 2.90. The number of halogens is 2. The van der Waals surface area contributed by atoms with Gasteiger partial charge in [0.25, 0.3) is 0 Å². The average molecular weight is 232 g/mol. The summed E-state index contributed by atoms with van der Waals surface area (Å²) in [5.41, 5.74) is -0.0605. The van der Waals surface area contributed by atoms with E-state index in [1.807, 2.05) is 0 Å². The van der Waals surface area contributed by atoms with Crippen LogP contribution in [0.15, 0.2) is 24.3 Å². The standard InChI is InChI=1S/C10H10F2O4/c1-15-9(14)8(13)6-4-2-3-5-7(6)16-10(11)12/h2-5,8,10,13H,1H3. The number of hydrogen-bond acceptors (Lipinski definition) is 4. The lowest BCUT2D eigenvalue weighted by molar-refractivity contribution is -0.151. The van der Waals surface area contributed by atoms with E-state index in [0.29, 0.717) is 0 Å². The molecule has 0 spiro atoms. The Morgan fingerprint density at radius 3 is 2.56 bits per heavy atom. The Kier molecular flexibility index (Phi) is 4.19. The molecular weight excluding hydrogens is 222 g/mol. The van der Waals surface area contributed by atoms with Crippen LogP contribution in [-0.4, -0.2) is 24.8 Å². The van der Waals surface area contributed by atoms with E-state index in [-0.39, 0.29) is 11.3 Å². The number of carbonyl (C=O) groups excluding carboxylic acids is 1. The van der Waals surface area contributed by atoms with Gasteiger partial charge in [0.2, 0.25) is 0 Å². The van der Waals surface area contributed by atoms with Crippen molar-refractivity contribution in [3.05, 3.63) is 29.8 Å². The Hall–Kier alpha value is -1.69. The van der Waals surface area contributed by atoms with Crippen LogP contribution >= 0.6 is 0 Å². The Morgan fingerprint density at radius 2 is 2.00 bits per heavy atom. The molecule has 4 nitrogen and oxygen atoms in total. The molecule has 1 unspecified atom stereocenters. The first-order chi connectivity index (χ1) is 7.56. The van der Waals surface area contributed by atoms with Crippen molar-refractivity contribution >= 4 is 5.97 Å². The lowest BCUT2D eigenvalue weighted by atomic mass is 10.1. The summed E-state index contributed by atoms with van der Waals surface area (Å²) >= 11 is 0. The van der Waals surface area contributed by atoms with Crippen molar-refractivity contribution in [1.82, 2.24) is 0 Å². The van der Waals surface area contributed by atoms with E-state index in [2.05, 4.69) is 9.47 Å². The van der Waals surface area contributed by atoms with E-state index in [1.165, 1.54) is 24.3 Å². The highest BCUT2D eigenvalue weighted by atomic mass is 19.3. The minimum absolute atomic E-state index is 0.0605. The molecule has 0 aliphatic carbocycles. The van der Waals surface area contributed by atoms with Crippen LogP contribution in [0.25, 0.3) is 0 Å². The summed E-state index contributed by atoms with van der Waals surface area (Å²) in [5, 5.41) is 9.48. The lowest BCUT2D eigenvalue weighted by Gasteiger charge is -2.13. The van der Waals surface area contributed by atoms with Gasteiger partial charge in [-0.25, -0.2) is 4.79 Å². The molecule has 0 heterocycles. The number of methoxy groups -OCH3 is 1. The van der Waals surface area contributed by atoms with Gasteiger partial charge in [0.1, 0.15) is 5.75 Å². The van der Waals surface area contributed by atoms with Crippen molar-refractivity contribution in [2.45, 2.75) is 12.7 Å². The molecule has 0 saturated carbocycles. The topological polar surface area (TPSA) is 55.8 Å². The first-order valence-corrected chi connectivity index (χ1v) is 4.36. The molecule has 1 atom stereocenters. The maximum atomic E-state index is 12.0. The summed E-state index contributed by atoms with van der Waals surface area (Å²) in [4.78, 5) is 11.0. The Labute approximate surface area is 90.4 Å².